The quantitative estimate of drug-likeness (QED) is 0.665. The minimum atomic E-state index is -1.10. The zero-order chi connectivity index (χ0) is 16.3. The van der Waals surface area contributed by atoms with Crippen molar-refractivity contribution in [1.82, 2.24) is 10.6 Å². The lowest BCUT2D eigenvalue weighted by Gasteiger charge is -2.14. The van der Waals surface area contributed by atoms with Crippen LogP contribution in [0.5, 0.6) is 5.75 Å². The smallest absolute Gasteiger partial charge is 0.339 e. The summed E-state index contributed by atoms with van der Waals surface area (Å²) in [5.74, 6) is -1.47. The number of methoxy groups -OCH3 is 1. The van der Waals surface area contributed by atoms with Gasteiger partial charge in [0.15, 0.2) is 0 Å². The topological polar surface area (TPSA) is 105 Å². The first kappa shape index (κ1) is 15.8. The monoisotopic (exact) mass is 306 g/mol. The second-order valence-electron chi connectivity index (χ2n) is 5.18. The first-order chi connectivity index (χ1) is 10.4. The van der Waals surface area contributed by atoms with Crippen molar-refractivity contribution in [1.29, 1.82) is 0 Å². The lowest BCUT2D eigenvalue weighted by atomic mass is 10.0. The Labute approximate surface area is 127 Å². The summed E-state index contributed by atoms with van der Waals surface area (Å²) in [7, 11) is 2.89. The van der Waals surface area contributed by atoms with E-state index in [1.165, 1.54) is 26.3 Å². The van der Waals surface area contributed by atoms with Crippen molar-refractivity contribution < 1.29 is 24.2 Å². The van der Waals surface area contributed by atoms with Crippen LogP contribution in [0.1, 0.15) is 28.8 Å². The fourth-order valence-electron chi connectivity index (χ4n) is 2.31. The summed E-state index contributed by atoms with van der Waals surface area (Å²) in [5, 5.41) is 14.3. The summed E-state index contributed by atoms with van der Waals surface area (Å²) in [5.41, 5.74) is -0.308. The maximum atomic E-state index is 12.1. The Hall–Kier alpha value is -2.57. The van der Waals surface area contributed by atoms with Crippen molar-refractivity contribution in [2.24, 2.45) is 5.41 Å². The summed E-state index contributed by atoms with van der Waals surface area (Å²) in [6.45, 7) is 0.155. The van der Waals surface area contributed by atoms with Gasteiger partial charge < -0.3 is 20.5 Å². The van der Waals surface area contributed by atoms with Gasteiger partial charge in [-0.15, -0.1) is 0 Å². The highest BCUT2D eigenvalue weighted by Crippen LogP contribution is 2.46. The van der Waals surface area contributed by atoms with Crippen LogP contribution < -0.4 is 15.4 Å². The van der Waals surface area contributed by atoms with Crippen LogP contribution in [0, 0.1) is 5.41 Å². The molecular formula is C15H18N2O5. The average molecular weight is 306 g/mol. The molecule has 1 aromatic carbocycles. The Kier molecular flexibility index (Phi) is 4.35. The molecule has 0 aliphatic heterocycles. The Bertz CT molecular complexity index is 622. The standard InChI is InChI=1S/C15H18N2O5/c1-16-13(20)15(5-6-15)14(21)17-8-9-3-4-11(22-2)10(7-9)12(18)19/h3-4,7H,5-6,8H2,1-2H3,(H,16,20)(H,17,21)(H,18,19). The Morgan fingerprint density at radius 2 is 1.95 bits per heavy atom. The van der Waals surface area contributed by atoms with E-state index in [0.717, 1.165) is 0 Å². The summed E-state index contributed by atoms with van der Waals surface area (Å²) in [6, 6.07) is 4.66. The normalized spacial score (nSPS) is 14.8. The van der Waals surface area contributed by atoms with Crippen LogP contribution in [-0.2, 0) is 16.1 Å². The van der Waals surface area contributed by atoms with Gasteiger partial charge in [-0.3, -0.25) is 9.59 Å². The van der Waals surface area contributed by atoms with E-state index in [4.69, 9.17) is 9.84 Å². The molecule has 0 bridgehead atoms. The molecule has 7 nitrogen and oxygen atoms in total. The summed E-state index contributed by atoms with van der Waals surface area (Å²) in [4.78, 5) is 35.0. The SMILES string of the molecule is CNC(=O)C1(C(=O)NCc2ccc(OC)c(C(=O)O)c2)CC1. The number of aromatic carboxylic acids is 1. The van der Waals surface area contributed by atoms with Gasteiger partial charge in [0.2, 0.25) is 11.8 Å². The van der Waals surface area contributed by atoms with E-state index in [0.29, 0.717) is 18.4 Å². The Balaban J connectivity index is 2.06. The summed E-state index contributed by atoms with van der Waals surface area (Å²) in [6.07, 6.45) is 1.06. The van der Waals surface area contributed by atoms with Crippen LogP contribution in [0.15, 0.2) is 18.2 Å². The lowest BCUT2D eigenvalue weighted by molar-refractivity contribution is -0.137. The van der Waals surface area contributed by atoms with E-state index < -0.39 is 11.4 Å². The number of hydrogen-bond acceptors (Lipinski definition) is 4. The number of carbonyl (C=O) groups is 3. The van der Waals surface area contributed by atoms with Crippen molar-refractivity contribution in [3.63, 3.8) is 0 Å². The molecule has 1 aromatic rings. The van der Waals surface area contributed by atoms with E-state index in [2.05, 4.69) is 10.6 Å². The maximum Gasteiger partial charge on any atom is 0.339 e. The molecule has 0 spiro atoms. The van der Waals surface area contributed by atoms with E-state index in [1.54, 1.807) is 6.07 Å². The van der Waals surface area contributed by atoms with Crippen LogP contribution in [0.4, 0.5) is 0 Å². The van der Waals surface area contributed by atoms with Crippen LogP contribution in [-0.4, -0.2) is 37.0 Å². The van der Waals surface area contributed by atoms with Crippen LogP contribution in [0.3, 0.4) is 0 Å². The van der Waals surface area contributed by atoms with Crippen LogP contribution in [0.25, 0.3) is 0 Å². The van der Waals surface area contributed by atoms with E-state index in [-0.39, 0.29) is 29.7 Å². The zero-order valence-corrected chi connectivity index (χ0v) is 12.4. The number of amides is 2. The van der Waals surface area contributed by atoms with E-state index >= 15 is 0 Å². The molecule has 1 saturated carbocycles. The van der Waals surface area contributed by atoms with Crippen LogP contribution in [0.2, 0.25) is 0 Å². The third-order valence-electron chi connectivity index (χ3n) is 3.79. The first-order valence-corrected chi connectivity index (χ1v) is 6.85. The third-order valence-corrected chi connectivity index (χ3v) is 3.79. The second-order valence-corrected chi connectivity index (χ2v) is 5.18. The van der Waals surface area contributed by atoms with Crippen molar-refractivity contribution in [2.75, 3.05) is 14.2 Å². The number of carboxylic acid groups (broad SMARTS) is 1. The molecule has 2 rings (SSSR count). The summed E-state index contributed by atoms with van der Waals surface area (Å²) >= 11 is 0. The number of hydrogen-bond donors (Lipinski definition) is 3. The van der Waals surface area contributed by atoms with Crippen molar-refractivity contribution in [3.05, 3.63) is 29.3 Å². The highest BCUT2D eigenvalue weighted by atomic mass is 16.5. The molecule has 2 amide bonds. The third kappa shape index (κ3) is 2.88. The largest absolute Gasteiger partial charge is 0.496 e. The molecule has 0 atom stereocenters. The van der Waals surface area contributed by atoms with Crippen molar-refractivity contribution >= 4 is 17.8 Å². The summed E-state index contributed by atoms with van der Waals surface area (Å²) < 4.78 is 4.98. The molecule has 0 saturated heterocycles. The van der Waals surface area contributed by atoms with Gasteiger partial charge in [-0.05, 0) is 30.5 Å². The zero-order valence-electron chi connectivity index (χ0n) is 12.4. The van der Waals surface area contributed by atoms with E-state index in [1.807, 2.05) is 0 Å². The average Bonchev–Trinajstić information content (AvgIpc) is 3.33. The van der Waals surface area contributed by atoms with Gasteiger partial charge in [-0.25, -0.2) is 4.79 Å². The Morgan fingerprint density at radius 3 is 2.45 bits per heavy atom. The number of rotatable bonds is 6. The maximum absolute atomic E-state index is 12.1. The highest BCUT2D eigenvalue weighted by Gasteiger charge is 2.55. The molecule has 1 aliphatic rings. The molecule has 1 aliphatic carbocycles. The lowest BCUT2D eigenvalue weighted by Crippen LogP contribution is -2.41. The molecule has 0 aromatic heterocycles. The number of carbonyl (C=O) groups excluding carboxylic acids is 2. The molecule has 7 heteroatoms. The van der Waals surface area contributed by atoms with E-state index in [9.17, 15) is 14.4 Å². The predicted molar refractivity (Wildman–Crippen MR) is 77.5 cm³/mol. The fourth-order valence-corrected chi connectivity index (χ4v) is 2.31. The van der Waals surface area contributed by atoms with Gasteiger partial charge in [-0.2, -0.15) is 0 Å². The van der Waals surface area contributed by atoms with Gasteiger partial charge in [0.1, 0.15) is 16.7 Å². The molecule has 118 valence electrons. The molecule has 0 radical (unpaired) electrons. The van der Waals surface area contributed by atoms with Crippen LogP contribution >= 0.6 is 0 Å². The predicted octanol–water partition coefficient (Wildman–Crippen LogP) is 0.536. The van der Waals surface area contributed by atoms with Gasteiger partial charge in [0.05, 0.1) is 7.11 Å². The van der Waals surface area contributed by atoms with Crippen molar-refractivity contribution in [2.45, 2.75) is 19.4 Å². The van der Waals surface area contributed by atoms with Gasteiger partial charge >= 0.3 is 5.97 Å². The molecule has 0 heterocycles. The first-order valence-electron chi connectivity index (χ1n) is 6.85. The minimum Gasteiger partial charge on any atom is -0.496 e. The molecule has 3 N–H and O–H groups in total. The van der Waals surface area contributed by atoms with Gasteiger partial charge in [0, 0.05) is 13.6 Å². The van der Waals surface area contributed by atoms with Crippen molar-refractivity contribution in [3.8, 4) is 5.75 Å². The number of nitrogens with one attached hydrogen (secondary N) is 2. The number of benzene rings is 1. The molecule has 0 unspecified atom stereocenters. The molecule has 1 fully saturated rings. The number of ether oxygens (including phenoxy) is 1. The Morgan fingerprint density at radius 1 is 1.27 bits per heavy atom. The van der Waals surface area contributed by atoms with Gasteiger partial charge in [0.25, 0.3) is 0 Å². The van der Waals surface area contributed by atoms with Gasteiger partial charge in [-0.1, -0.05) is 6.07 Å². The minimum absolute atomic E-state index is 0.0293. The number of carboxylic acids is 1. The molecule has 22 heavy (non-hydrogen) atoms. The fraction of sp³-hybridized carbons (Fsp3) is 0.400. The highest BCUT2D eigenvalue weighted by molar-refractivity contribution is 6.07. The molecular weight excluding hydrogens is 288 g/mol. The second kappa shape index (κ2) is 6.05.